The number of benzene rings is 1. The summed E-state index contributed by atoms with van der Waals surface area (Å²) in [5.74, 6) is 0.893. The van der Waals surface area contributed by atoms with Crippen LogP contribution in [0.25, 0.3) is 11.0 Å². The molecule has 0 radical (unpaired) electrons. The van der Waals surface area contributed by atoms with Gasteiger partial charge in [0.2, 0.25) is 0 Å². The van der Waals surface area contributed by atoms with Crippen LogP contribution in [0, 0.1) is 6.92 Å². The molecule has 0 bridgehead atoms. The third kappa shape index (κ3) is 3.77. The number of hydrogen-bond donors (Lipinski definition) is 2. The molecular formula is C17H22ClN5O. The van der Waals surface area contributed by atoms with Crippen LogP contribution in [0.2, 0.25) is 5.02 Å². The molecule has 2 N–H and O–H groups in total. The van der Waals surface area contributed by atoms with Gasteiger partial charge in [-0.2, -0.15) is 5.10 Å². The van der Waals surface area contributed by atoms with Gasteiger partial charge < -0.3 is 15.0 Å². The number of nitrogens with one attached hydrogen (secondary N) is 1. The van der Waals surface area contributed by atoms with Gasteiger partial charge in [-0.1, -0.05) is 11.6 Å². The summed E-state index contributed by atoms with van der Waals surface area (Å²) in [6, 6.07) is 5.89. The number of aliphatic hydroxyl groups excluding tert-OH is 1. The molecule has 2 aromatic heterocycles. The van der Waals surface area contributed by atoms with Crippen LogP contribution >= 0.6 is 11.6 Å². The van der Waals surface area contributed by atoms with Gasteiger partial charge in [-0.15, -0.1) is 0 Å². The Balaban J connectivity index is 1.72. The first-order chi connectivity index (χ1) is 11.6. The first-order valence-corrected chi connectivity index (χ1v) is 8.42. The van der Waals surface area contributed by atoms with Crippen molar-refractivity contribution in [1.82, 2.24) is 24.6 Å². The van der Waals surface area contributed by atoms with Gasteiger partial charge in [-0.25, -0.2) is 4.98 Å². The Morgan fingerprint density at radius 1 is 1.38 bits per heavy atom. The molecule has 1 aromatic carbocycles. The number of hydrogen-bond acceptors (Lipinski definition) is 4. The second kappa shape index (κ2) is 7.34. The fraction of sp³-hybridized carbons (Fsp3) is 0.412. The summed E-state index contributed by atoms with van der Waals surface area (Å²) in [6.45, 7) is 6.15. The molecule has 7 heteroatoms. The lowest BCUT2D eigenvalue weighted by atomic mass is 10.3. The average Bonchev–Trinajstić information content (AvgIpc) is 3.09. The number of nitrogens with zero attached hydrogens (tertiary/aromatic N) is 4. The molecule has 0 aliphatic carbocycles. The lowest BCUT2D eigenvalue weighted by molar-refractivity contribution is 0.275. The van der Waals surface area contributed by atoms with E-state index in [0.717, 1.165) is 29.0 Å². The average molecular weight is 348 g/mol. The fourth-order valence-corrected chi connectivity index (χ4v) is 2.98. The molecule has 0 unspecified atom stereocenters. The van der Waals surface area contributed by atoms with E-state index < -0.39 is 0 Å². The van der Waals surface area contributed by atoms with E-state index in [4.69, 9.17) is 11.6 Å². The van der Waals surface area contributed by atoms with Crippen LogP contribution in [-0.4, -0.2) is 37.1 Å². The Labute approximate surface area is 146 Å². The summed E-state index contributed by atoms with van der Waals surface area (Å²) in [5.41, 5.74) is 2.99. The van der Waals surface area contributed by atoms with Crippen molar-refractivity contribution in [3.8, 4) is 0 Å². The van der Waals surface area contributed by atoms with Crippen LogP contribution in [0.3, 0.4) is 0 Å². The number of imidazole rings is 1. The summed E-state index contributed by atoms with van der Waals surface area (Å²) >= 11 is 6.05. The predicted molar refractivity (Wildman–Crippen MR) is 95.1 cm³/mol. The van der Waals surface area contributed by atoms with E-state index in [2.05, 4.69) is 22.3 Å². The van der Waals surface area contributed by atoms with Crippen molar-refractivity contribution < 1.29 is 5.11 Å². The molecule has 0 fully saturated rings. The molecule has 0 amide bonds. The number of fused-ring (bicyclic) bond motifs is 1. The van der Waals surface area contributed by atoms with Crippen molar-refractivity contribution in [2.75, 3.05) is 6.61 Å². The summed E-state index contributed by atoms with van der Waals surface area (Å²) in [6.07, 6.45) is 3.89. The SMILES string of the molecule is Cc1cnn(C[C@@H](C)NCc2nc3cc(Cl)ccc3n2CCO)c1. The Morgan fingerprint density at radius 3 is 2.92 bits per heavy atom. The van der Waals surface area contributed by atoms with Gasteiger partial charge in [0, 0.05) is 23.8 Å². The van der Waals surface area contributed by atoms with Gasteiger partial charge in [0.1, 0.15) is 5.82 Å². The summed E-state index contributed by atoms with van der Waals surface area (Å²) in [7, 11) is 0. The fourth-order valence-electron chi connectivity index (χ4n) is 2.81. The minimum atomic E-state index is 0.0726. The zero-order valence-corrected chi connectivity index (χ0v) is 14.7. The van der Waals surface area contributed by atoms with Crippen molar-refractivity contribution in [3.05, 3.63) is 47.0 Å². The van der Waals surface area contributed by atoms with Crippen LogP contribution < -0.4 is 5.32 Å². The minimum Gasteiger partial charge on any atom is -0.395 e. The largest absolute Gasteiger partial charge is 0.395 e. The maximum absolute atomic E-state index is 9.34. The molecule has 128 valence electrons. The van der Waals surface area contributed by atoms with E-state index in [1.807, 2.05) is 46.8 Å². The van der Waals surface area contributed by atoms with Gasteiger partial charge in [0.15, 0.2) is 0 Å². The highest BCUT2D eigenvalue weighted by atomic mass is 35.5. The van der Waals surface area contributed by atoms with Gasteiger partial charge in [0.25, 0.3) is 0 Å². The Hall–Kier alpha value is -1.89. The molecule has 24 heavy (non-hydrogen) atoms. The molecule has 0 spiro atoms. The van der Waals surface area contributed by atoms with Crippen LogP contribution in [-0.2, 0) is 19.6 Å². The van der Waals surface area contributed by atoms with E-state index in [9.17, 15) is 5.11 Å². The molecule has 2 heterocycles. The van der Waals surface area contributed by atoms with Crippen LogP contribution in [0.1, 0.15) is 18.3 Å². The van der Waals surface area contributed by atoms with Gasteiger partial charge >= 0.3 is 0 Å². The van der Waals surface area contributed by atoms with E-state index in [1.54, 1.807) is 0 Å². The maximum Gasteiger partial charge on any atom is 0.123 e. The Morgan fingerprint density at radius 2 is 2.21 bits per heavy atom. The second-order valence-electron chi connectivity index (χ2n) is 6.06. The number of halogens is 1. The maximum atomic E-state index is 9.34. The predicted octanol–water partition coefficient (Wildman–Crippen LogP) is 2.37. The monoisotopic (exact) mass is 347 g/mol. The Bertz CT molecular complexity index is 826. The molecule has 0 saturated carbocycles. The van der Waals surface area contributed by atoms with Crippen LogP contribution in [0.15, 0.2) is 30.6 Å². The highest BCUT2D eigenvalue weighted by molar-refractivity contribution is 6.31. The summed E-state index contributed by atoms with van der Waals surface area (Å²) in [5, 5.41) is 17.8. The molecule has 0 aliphatic rings. The molecule has 6 nitrogen and oxygen atoms in total. The summed E-state index contributed by atoms with van der Waals surface area (Å²) < 4.78 is 3.97. The van der Waals surface area contributed by atoms with Crippen molar-refractivity contribution in [1.29, 1.82) is 0 Å². The third-order valence-electron chi connectivity index (χ3n) is 3.94. The molecular weight excluding hydrogens is 326 g/mol. The lowest BCUT2D eigenvalue weighted by Gasteiger charge is -2.14. The quantitative estimate of drug-likeness (QED) is 0.688. The highest BCUT2D eigenvalue weighted by Crippen LogP contribution is 2.20. The molecule has 1 atom stereocenters. The third-order valence-corrected chi connectivity index (χ3v) is 4.18. The van der Waals surface area contributed by atoms with Gasteiger partial charge in [-0.05, 0) is 37.6 Å². The topological polar surface area (TPSA) is 67.9 Å². The van der Waals surface area contributed by atoms with E-state index in [1.165, 1.54) is 0 Å². The smallest absolute Gasteiger partial charge is 0.123 e. The molecule has 0 aliphatic heterocycles. The first-order valence-electron chi connectivity index (χ1n) is 8.05. The Kier molecular flexibility index (Phi) is 5.18. The second-order valence-corrected chi connectivity index (χ2v) is 6.49. The number of aromatic nitrogens is 4. The molecule has 3 rings (SSSR count). The highest BCUT2D eigenvalue weighted by Gasteiger charge is 2.12. The first kappa shape index (κ1) is 17.0. The molecule has 0 saturated heterocycles. The minimum absolute atomic E-state index is 0.0726. The number of rotatable bonds is 7. The van der Waals surface area contributed by atoms with Crippen LogP contribution in [0.5, 0.6) is 0 Å². The number of aryl methyl sites for hydroxylation is 1. The van der Waals surface area contributed by atoms with Crippen molar-refractivity contribution in [3.63, 3.8) is 0 Å². The van der Waals surface area contributed by atoms with E-state index >= 15 is 0 Å². The zero-order valence-electron chi connectivity index (χ0n) is 13.9. The molecule has 3 aromatic rings. The summed E-state index contributed by atoms with van der Waals surface area (Å²) in [4.78, 5) is 4.66. The standard InChI is InChI=1S/C17H22ClN5O/c1-12-8-20-22(10-12)11-13(2)19-9-17-21-15-7-14(18)3-4-16(15)23(17)5-6-24/h3-4,7-8,10,13,19,24H,5-6,9,11H2,1-2H3/t13-/m1/s1. The van der Waals surface area contributed by atoms with Gasteiger partial charge in [0.05, 0.1) is 36.9 Å². The normalized spacial score (nSPS) is 12.8. The van der Waals surface area contributed by atoms with Crippen molar-refractivity contribution >= 4 is 22.6 Å². The van der Waals surface area contributed by atoms with Crippen LogP contribution in [0.4, 0.5) is 0 Å². The van der Waals surface area contributed by atoms with E-state index in [-0.39, 0.29) is 12.6 Å². The number of aliphatic hydroxyl groups is 1. The lowest BCUT2D eigenvalue weighted by Crippen LogP contribution is -2.31. The van der Waals surface area contributed by atoms with Crippen molar-refractivity contribution in [2.24, 2.45) is 0 Å². The van der Waals surface area contributed by atoms with Gasteiger partial charge in [-0.3, -0.25) is 4.68 Å². The van der Waals surface area contributed by atoms with Crippen molar-refractivity contribution in [2.45, 2.75) is 39.5 Å². The zero-order chi connectivity index (χ0) is 17.1. The van der Waals surface area contributed by atoms with E-state index in [0.29, 0.717) is 18.1 Å².